The van der Waals surface area contributed by atoms with E-state index >= 15 is 0 Å². The van der Waals surface area contributed by atoms with Gasteiger partial charge in [-0.25, -0.2) is 0 Å². The van der Waals surface area contributed by atoms with Crippen molar-refractivity contribution in [2.45, 2.75) is 32.2 Å². The Hall–Kier alpha value is -1.32. The fourth-order valence-corrected chi connectivity index (χ4v) is 3.33. The topological polar surface area (TPSA) is 38.1 Å². The van der Waals surface area contributed by atoms with Gasteiger partial charge in [-0.2, -0.15) is 5.10 Å². The van der Waals surface area contributed by atoms with Crippen LogP contribution in [0.25, 0.3) is 0 Å². The van der Waals surface area contributed by atoms with Crippen molar-refractivity contribution < 1.29 is 4.79 Å². The molecule has 1 aliphatic carbocycles. The van der Waals surface area contributed by atoms with Gasteiger partial charge in [0.25, 0.3) is 0 Å². The van der Waals surface area contributed by atoms with Crippen molar-refractivity contribution in [3.8, 4) is 0 Å². The number of nitrogens with zero attached hydrogens (tertiary/aromatic N) is 3. The molecule has 3 rings (SSSR count). The number of piperidine rings is 1. The van der Waals surface area contributed by atoms with Crippen LogP contribution in [0.4, 0.5) is 5.82 Å². The summed E-state index contributed by atoms with van der Waals surface area (Å²) in [4.78, 5) is 13.5. The molecule has 0 radical (unpaired) electrons. The van der Waals surface area contributed by atoms with Gasteiger partial charge in [-0.3, -0.25) is 9.48 Å². The Kier molecular flexibility index (Phi) is 2.06. The van der Waals surface area contributed by atoms with Gasteiger partial charge in [0.1, 0.15) is 5.82 Å². The number of fused-ring (bicyclic) bond motifs is 2. The van der Waals surface area contributed by atoms with Crippen LogP contribution < -0.4 is 4.90 Å². The van der Waals surface area contributed by atoms with Crippen molar-refractivity contribution in [2.24, 2.45) is 13.0 Å². The Morgan fingerprint density at radius 1 is 1.44 bits per heavy atom. The van der Waals surface area contributed by atoms with E-state index in [1.54, 1.807) is 0 Å². The monoisotopic (exact) mass is 219 g/mol. The summed E-state index contributed by atoms with van der Waals surface area (Å²) < 4.78 is 1.86. The molecule has 2 atom stereocenters. The van der Waals surface area contributed by atoms with E-state index in [1.807, 2.05) is 18.7 Å². The average molecular weight is 219 g/mol. The van der Waals surface area contributed by atoms with E-state index in [0.29, 0.717) is 6.04 Å². The number of aromatic nitrogens is 2. The summed E-state index contributed by atoms with van der Waals surface area (Å²) in [5, 5.41) is 4.35. The van der Waals surface area contributed by atoms with E-state index in [2.05, 4.69) is 10.00 Å². The Balaban J connectivity index is 2.03. The van der Waals surface area contributed by atoms with Crippen LogP contribution in [0.2, 0.25) is 0 Å². The SMILES string of the molecule is Cc1nn(C)c(N2CC3CCC2C3)c1C=O. The first-order chi connectivity index (χ1) is 7.70. The molecule has 0 amide bonds. The molecule has 86 valence electrons. The third kappa shape index (κ3) is 1.22. The number of carbonyl (C=O) groups is 1. The maximum Gasteiger partial charge on any atom is 0.155 e. The number of anilines is 1. The number of aldehydes is 1. The molecule has 0 aromatic carbocycles. The molecule has 2 fully saturated rings. The summed E-state index contributed by atoms with van der Waals surface area (Å²) in [7, 11) is 1.93. The molecule has 2 heterocycles. The molecule has 1 aliphatic heterocycles. The molecule has 0 N–H and O–H groups in total. The maximum atomic E-state index is 11.1. The Morgan fingerprint density at radius 2 is 2.25 bits per heavy atom. The van der Waals surface area contributed by atoms with Crippen LogP contribution in [0.15, 0.2) is 0 Å². The second kappa shape index (κ2) is 3.34. The molecular weight excluding hydrogens is 202 g/mol. The van der Waals surface area contributed by atoms with Gasteiger partial charge in [-0.1, -0.05) is 0 Å². The predicted octanol–water partition coefficient (Wildman–Crippen LogP) is 1.53. The number of carbonyl (C=O) groups excluding carboxylic acids is 1. The first kappa shape index (κ1) is 9.87. The summed E-state index contributed by atoms with van der Waals surface area (Å²) in [6, 6.07) is 0.637. The molecule has 16 heavy (non-hydrogen) atoms. The van der Waals surface area contributed by atoms with Crippen molar-refractivity contribution in [3.05, 3.63) is 11.3 Å². The van der Waals surface area contributed by atoms with Gasteiger partial charge in [0.05, 0.1) is 11.3 Å². The number of hydrogen-bond donors (Lipinski definition) is 0. The van der Waals surface area contributed by atoms with Gasteiger partial charge in [0.15, 0.2) is 6.29 Å². The highest BCUT2D eigenvalue weighted by atomic mass is 16.1. The number of aryl methyl sites for hydroxylation is 2. The second-order valence-electron chi connectivity index (χ2n) is 5.05. The normalized spacial score (nSPS) is 27.8. The van der Waals surface area contributed by atoms with Gasteiger partial charge in [-0.05, 0) is 32.1 Å². The highest BCUT2D eigenvalue weighted by Crippen LogP contribution is 2.41. The standard InChI is InChI=1S/C12H17N3O/c1-8-11(7-16)12(14(2)13-8)15-6-9-3-4-10(15)5-9/h7,9-10H,3-6H2,1-2H3. The molecule has 4 heteroatoms. The first-order valence-corrected chi connectivity index (χ1v) is 5.96. The fourth-order valence-electron chi connectivity index (χ4n) is 3.33. The van der Waals surface area contributed by atoms with Gasteiger partial charge in [0, 0.05) is 19.6 Å². The quantitative estimate of drug-likeness (QED) is 0.708. The summed E-state index contributed by atoms with van der Waals surface area (Å²) in [5.74, 6) is 1.86. The first-order valence-electron chi connectivity index (χ1n) is 5.96. The molecule has 1 aromatic heterocycles. The van der Waals surface area contributed by atoms with Gasteiger partial charge >= 0.3 is 0 Å². The Bertz CT molecular complexity index is 438. The van der Waals surface area contributed by atoms with Crippen LogP contribution >= 0.6 is 0 Å². The molecule has 4 nitrogen and oxygen atoms in total. The third-order valence-corrected chi connectivity index (χ3v) is 4.04. The lowest BCUT2D eigenvalue weighted by Gasteiger charge is -2.29. The zero-order chi connectivity index (χ0) is 11.3. The average Bonchev–Trinajstić information content (AvgIpc) is 2.91. The molecule has 2 bridgehead atoms. The van der Waals surface area contributed by atoms with Crippen molar-refractivity contribution in [1.29, 1.82) is 0 Å². The van der Waals surface area contributed by atoms with Crippen molar-refractivity contribution in [1.82, 2.24) is 9.78 Å². The van der Waals surface area contributed by atoms with Crippen molar-refractivity contribution in [3.63, 3.8) is 0 Å². The minimum Gasteiger partial charge on any atom is -0.353 e. The summed E-state index contributed by atoms with van der Waals surface area (Å²) in [6.07, 6.45) is 4.87. The molecule has 1 saturated heterocycles. The van der Waals surface area contributed by atoms with Crippen LogP contribution in [0.1, 0.15) is 35.3 Å². The van der Waals surface area contributed by atoms with Crippen molar-refractivity contribution in [2.75, 3.05) is 11.4 Å². The highest BCUT2D eigenvalue weighted by Gasteiger charge is 2.40. The van der Waals surface area contributed by atoms with Crippen LogP contribution in [0.3, 0.4) is 0 Å². The predicted molar refractivity (Wildman–Crippen MR) is 61.8 cm³/mol. The lowest BCUT2D eigenvalue weighted by atomic mass is 10.1. The third-order valence-electron chi connectivity index (χ3n) is 4.04. The van der Waals surface area contributed by atoms with Gasteiger partial charge < -0.3 is 4.90 Å². The number of hydrogen-bond acceptors (Lipinski definition) is 3. The van der Waals surface area contributed by atoms with Crippen LogP contribution in [0, 0.1) is 12.8 Å². The van der Waals surface area contributed by atoms with E-state index in [-0.39, 0.29) is 0 Å². The smallest absolute Gasteiger partial charge is 0.155 e. The lowest BCUT2D eigenvalue weighted by Crippen LogP contribution is -2.34. The minimum absolute atomic E-state index is 0.637. The van der Waals surface area contributed by atoms with Crippen molar-refractivity contribution >= 4 is 12.1 Å². The van der Waals surface area contributed by atoms with Crippen LogP contribution in [-0.2, 0) is 7.05 Å². The lowest BCUT2D eigenvalue weighted by molar-refractivity contribution is 0.112. The second-order valence-corrected chi connectivity index (χ2v) is 5.05. The molecular formula is C12H17N3O. The molecule has 0 spiro atoms. The van der Waals surface area contributed by atoms with E-state index in [1.165, 1.54) is 19.3 Å². The molecule has 2 unspecified atom stereocenters. The van der Waals surface area contributed by atoms with Crippen LogP contribution in [-0.4, -0.2) is 28.7 Å². The number of rotatable bonds is 2. The van der Waals surface area contributed by atoms with E-state index < -0.39 is 0 Å². The molecule has 2 aliphatic rings. The van der Waals surface area contributed by atoms with Crippen LogP contribution in [0.5, 0.6) is 0 Å². The minimum atomic E-state index is 0.637. The summed E-state index contributed by atoms with van der Waals surface area (Å²) in [5.41, 5.74) is 1.62. The summed E-state index contributed by atoms with van der Waals surface area (Å²) >= 11 is 0. The van der Waals surface area contributed by atoms with E-state index in [0.717, 1.165) is 35.8 Å². The molecule has 1 saturated carbocycles. The van der Waals surface area contributed by atoms with E-state index in [4.69, 9.17) is 0 Å². The zero-order valence-electron chi connectivity index (χ0n) is 9.81. The fraction of sp³-hybridized carbons (Fsp3) is 0.667. The maximum absolute atomic E-state index is 11.1. The Morgan fingerprint density at radius 3 is 2.81 bits per heavy atom. The highest BCUT2D eigenvalue weighted by molar-refractivity contribution is 5.85. The molecule has 1 aromatic rings. The van der Waals surface area contributed by atoms with Gasteiger partial charge in [-0.15, -0.1) is 0 Å². The summed E-state index contributed by atoms with van der Waals surface area (Å²) in [6.45, 7) is 3.01. The zero-order valence-corrected chi connectivity index (χ0v) is 9.81. The van der Waals surface area contributed by atoms with E-state index in [9.17, 15) is 4.79 Å². The van der Waals surface area contributed by atoms with Gasteiger partial charge in [0.2, 0.25) is 0 Å². The largest absolute Gasteiger partial charge is 0.353 e. The Labute approximate surface area is 95.2 Å².